The summed E-state index contributed by atoms with van der Waals surface area (Å²) in [5.74, 6) is 3.09. The van der Waals surface area contributed by atoms with Gasteiger partial charge in [0, 0.05) is 31.2 Å². The SMILES string of the molecule is CCCN(CCNc1ccccc1C1CC(C)(C)CC(C)(C)C1)C[C@@H]1C[C@H]1CCl. The third kappa shape index (κ3) is 6.62. The van der Waals surface area contributed by atoms with Gasteiger partial charge in [-0.3, -0.25) is 0 Å². The molecule has 3 heteroatoms. The molecule has 1 aromatic rings. The maximum atomic E-state index is 6.04. The number of alkyl halides is 1. The molecule has 0 bridgehead atoms. The highest BCUT2D eigenvalue weighted by Gasteiger charge is 2.39. The van der Waals surface area contributed by atoms with E-state index in [4.69, 9.17) is 11.6 Å². The van der Waals surface area contributed by atoms with E-state index in [0.29, 0.717) is 16.7 Å². The average Bonchev–Trinajstić information content (AvgIpc) is 3.38. The average molecular weight is 419 g/mol. The Hall–Kier alpha value is -0.730. The minimum absolute atomic E-state index is 0.417. The molecule has 0 saturated heterocycles. The van der Waals surface area contributed by atoms with Crippen LogP contribution in [0.2, 0.25) is 0 Å². The van der Waals surface area contributed by atoms with Gasteiger partial charge in [-0.15, -0.1) is 11.6 Å². The van der Waals surface area contributed by atoms with Gasteiger partial charge < -0.3 is 10.2 Å². The van der Waals surface area contributed by atoms with Gasteiger partial charge in [-0.1, -0.05) is 52.8 Å². The molecule has 0 unspecified atom stereocenters. The Morgan fingerprint density at radius 3 is 2.34 bits per heavy atom. The molecule has 0 aromatic heterocycles. The van der Waals surface area contributed by atoms with Crippen molar-refractivity contribution in [2.45, 2.75) is 72.6 Å². The van der Waals surface area contributed by atoms with E-state index in [9.17, 15) is 0 Å². The van der Waals surface area contributed by atoms with Crippen molar-refractivity contribution in [2.24, 2.45) is 22.7 Å². The van der Waals surface area contributed by atoms with Gasteiger partial charge in [0.1, 0.15) is 0 Å². The number of benzene rings is 1. The van der Waals surface area contributed by atoms with Gasteiger partial charge in [-0.2, -0.15) is 0 Å². The summed E-state index contributed by atoms with van der Waals surface area (Å²) >= 11 is 6.04. The molecule has 0 spiro atoms. The summed E-state index contributed by atoms with van der Waals surface area (Å²) in [6.45, 7) is 16.6. The Morgan fingerprint density at radius 2 is 1.72 bits per heavy atom. The van der Waals surface area contributed by atoms with Crippen LogP contribution in [0.1, 0.15) is 78.2 Å². The number of rotatable bonds is 10. The maximum absolute atomic E-state index is 6.04. The zero-order valence-electron chi connectivity index (χ0n) is 19.4. The third-order valence-corrected chi connectivity index (χ3v) is 7.40. The first kappa shape index (κ1) is 22.9. The molecule has 164 valence electrons. The lowest BCUT2D eigenvalue weighted by Crippen LogP contribution is -2.34. The number of hydrogen-bond donors (Lipinski definition) is 1. The fourth-order valence-corrected chi connectivity index (χ4v) is 6.47. The Labute approximate surface area is 184 Å². The largest absolute Gasteiger partial charge is 0.384 e. The molecular formula is C26H43ClN2. The van der Waals surface area contributed by atoms with Crippen LogP contribution in [0, 0.1) is 22.7 Å². The molecule has 29 heavy (non-hydrogen) atoms. The van der Waals surface area contributed by atoms with E-state index in [1.165, 1.54) is 56.4 Å². The number of nitrogens with zero attached hydrogens (tertiary/aromatic N) is 1. The minimum atomic E-state index is 0.417. The van der Waals surface area contributed by atoms with Crippen molar-refractivity contribution in [1.29, 1.82) is 0 Å². The Balaban J connectivity index is 1.60. The molecule has 0 amide bonds. The molecule has 1 N–H and O–H groups in total. The van der Waals surface area contributed by atoms with Crippen LogP contribution < -0.4 is 5.32 Å². The van der Waals surface area contributed by atoms with E-state index in [1.54, 1.807) is 0 Å². The molecule has 2 nitrogen and oxygen atoms in total. The molecule has 0 aliphatic heterocycles. The number of para-hydroxylation sites is 1. The van der Waals surface area contributed by atoms with Crippen molar-refractivity contribution in [3.63, 3.8) is 0 Å². The van der Waals surface area contributed by atoms with Crippen molar-refractivity contribution in [2.75, 3.05) is 37.4 Å². The molecular weight excluding hydrogens is 376 g/mol. The van der Waals surface area contributed by atoms with E-state index >= 15 is 0 Å². The van der Waals surface area contributed by atoms with Crippen molar-refractivity contribution in [3.05, 3.63) is 29.8 Å². The Kier molecular flexibility index (Phi) is 7.60. The van der Waals surface area contributed by atoms with E-state index in [0.717, 1.165) is 30.8 Å². The quantitative estimate of drug-likeness (QED) is 0.411. The topological polar surface area (TPSA) is 15.3 Å². The van der Waals surface area contributed by atoms with Gasteiger partial charge in [-0.05, 0) is 78.9 Å². The maximum Gasteiger partial charge on any atom is 0.0376 e. The molecule has 2 saturated carbocycles. The highest BCUT2D eigenvalue weighted by atomic mass is 35.5. The highest BCUT2D eigenvalue weighted by molar-refractivity contribution is 6.18. The summed E-state index contributed by atoms with van der Waals surface area (Å²) in [5.41, 5.74) is 3.72. The lowest BCUT2D eigenvalue weighted by atomic mass is 9.60. The van der Waals surface area contributed by atoms with Crippen molar-refractivity contribution >= 4 is 17.3 Å². The first-order chi connectivity index (χ1) is 13.7. The van der Waals surface area contributed by atoms with Crippen molar-refractivity contribution in [1.82, 2.24) is 4.90 Å². The number of hydrogen-bond acceptors (Lipinski definition) is 2. The van der Waals surface area contributed by atoms with Crippen LogP contribution in [0.4, 0.5) is 5.69 Å². The second-order valence-electron chi connectivity index (χ2n) is 11.3. The van der Waals surface area contributed by atoms with Gasteiger partial charge >= 0.3 is 0 Å². The lowest BCUT2D eigenvalue weighted by molar-refractivity contribution is 0.0971. The van der Waals surface area contributed by atoms with Gasteiger partial charge in [0.2, 0.25) is 0 Å². The molecule has 3 rings (SSSR count). The van der Waals surface area contributed by atoms with E-state index < -0.39 is 0 Å². The molecule has 1 aromatic carbocycles. The molecule has 2 aliphatic rings. The zero-order chi connectivity index (χ0) is 21.1. The Bertz CT molecular complexity index is 638. The first-order valence-corrected chi connectivity index (χ1v) is 12.4. The molecule has 0 radical (unpaired) electrons. The van der Waals surface area contributed by atoms with Crippen LogP contribution in [0.5, 0.6) is 0 Å². The van der Waals surface area contributed by atoms with E-state index in [1.807, 2.05) is 0 Å². The second kappa shape index (κ2) is 9.60. The van der Waals surface area contributed by atoms with Gasteiger partial charge in [0.05, 0.1) is 0 Å². The van der Waals surface area contributed by atoms with Gasteiger partial charge in [-0.25, -0.2) is 0 Å². The molecule has 2 atom stereocenters. The number of halogens is 1. The summed E-state index contributed by atoms with van der Waals surface area (Å²) < 4.78 is 0. The van der Waals surface area contributed by atoms with Crippen LogP contribution in [-0.4, -0.2) is 37.0 Å². The monoisotopic (exact) mass is 418 g/mol. The van der Waals surface area contributed by atoms with Gasteiger partial charge in [0.25, 0.3) is 0 Å². The molecule has 2 fully saturated rings. The van der Waals surface area contributed by atoms with Crippen LogP contribution in [0.25, 0.3) is 0 Å². The summed E-state index contributed by atoms with van der Waals surface area (Å²) in [6.07, 6.45) is 6.45. The van der Waals surface area contributed by atoms with Crippen LogP contribution in [-0.2, 0) is 0 Å². The zero-order valence-corrected chi connectivity index (χ0v) is 20.2. The van der Waals surface area contributed by atoms with Crippen molar-refractivity contribution < 1.29 is 0 Å². The Morgan fingerprint density at radius 1 is 1.03 bits per heavy atom. The predicted molar refractivity (Wildman–Crippen MR) is 128 cm³/mol. The summed E-state index contributed by atoms with van der Waals surface area (Å²) in [6, 6.07) is 9.06. The second-order valence-corrected chi connectivity index (χ2v) is 11.6. The standard InChI is InChI=1S/C26H43ClN2/c1-6-12-29(18-21-14-20(21)17-27)13-11-28-24-10-8-7-9-23(24)22-15-25(2,3)19-26(4,5)16-22/h7-10,20-22,28H,6,11-19H2,1-5H3/t20-,21-/m0/s1. The van der Waals surface area contributed by atoms with E-state index in [-0.39, 0.29) is 0 Å². The number of nitrogens with one attached hydrogen (secondary N) is 1. The lowest BCUT2D eigenvalue weighted by Gasteiger charge is -2.45. The number of anilines is 1. The van der Waals surface area contributed by atoms with Gasteiger partial charge in [0.15, 0.2) is 0 Å². The minimum Gasteiger partial charge on any atom is -0.384 e. The summed E-state index contributed by atoms with van der Waals surface area (Å²) in [4.78, 5) is 2.64. The third-order valence-electron chi connectivity index (χ3n) is 7.00. The summed E-state index contributed by atoms with van der Waals surface area (Å²) in [7, 11) is 0. The molecule has 0 heterocycles. The van der Waals surface area contributed by atoms with Crippen LogP contribution >= 0.6 is 11.6 Å². The fourth-order valence-electron chi connectivity index (χ4n) is 6.09. The predicted octanol–water partition coefficient (Wildman–Crippen LogP) is 7.01. The van der Waals surface area contributed by atoms with Crippen LogP contribution in [0.3, 0.4) is 0 Å². The van der Waals surface area contributed by atoms with Crippen molar-refractivity contribution in [3.8, 4) is 0 Å². The highest BCUT2D eigenvalue weighted by Crippen LogP contribution is 2.52. The molecule has 2 aliphatic carbocycles. The fraction of sp³-hybridized carbons (Fsp3) is 0.769. The summed E-state index contributed by atoms with van der Waals surface area (Å²) in [5, 5.41) is 3.81. The van der Waals surface area contributed by atoms with E-state index in [2.05, 4.69) is 69.1 Å². The normalized spacial score (nSPS) is 25.9. The first-order valence-electron chi connectivity index (χ1n) is 11.8. The van der Waals surface area contributed by atoms with Crippen LogP contribution in [0.15, 0.2) is 24.3 Å². The smallest absolute Gasteiger partial charge is 0.0376 e.